The molecule has 0 atom stereocenters. The lowest BCUT2D eigenvalue weighted by atomic mass is 9.87. The van der Waals surface area contributed by atoms with Crippen LogP contribution in [0.4, 0.5) is 5.69 Å². The molecule has 33 heavy (non-hydrogen) atoms. The van der Waals surface area contributed by atoms with E-state index in [9.17, 15) is 0 Å². The molecule has 0 spiro atoms. The van der Waals surface area contributed by atoms with Crippen molar-refractivity contribution in [3.63, 3.8) is 0 Å². The van der Waals surface area contributed by atoms with Crippen molar-refractivity contribution >= 4 is 22.4 Å². The molecule has 0 aliphatic carbocycles. The Labute approximate surface area is 196 Å². The van der Waals surface area contributed by atoms with Crippen molar-refractivity contribution in [1.29, 1.82) is 0 Å². The standard InChI is InChI=1S/C28H33N5/c1-7-20-11-18(2)27-24(13-20)30-17-31-25(27)14-21-9-8-10-23(12-21)32-19(3)33-26-15-22(16-29-26)28(4,5)6/h8-13,15,17,32H,3,7,14,16H2,1-2,4-6H3,(H,29,33). The smallest absolute Gasteiger partial charge is 0.126 e. The second-order valence-electron chi connectivity index (χ2n) is 9.71. The molecule has 1 aromatic heterocycles. The predicted octanol–water partition coefficient (Wildman–Crippen LogP) is 5.95. The van der Waals surface area contributed by atoms with Crippen molar-refractivity contribution < 1.29 is 0 Å². The number of aromatic nitrogens is 2. The van der Waals surface area contributed by atoms with Crippen LogP contribution >= 0.6 is 0 Å². The highest BCUT2D eigenvalue weighted by Gasteiger charge is 2.21. The molecule has 5 nitrogen and oxygen atoms in total. The van der Waals surface area contributed by atoms with Gasteiger partial charge in [-0.2, -0.15) is 0 Å². The number of benzene rings is 2. The van der Waals surface area contributed by atoms with Gasteiger partial charge in [0.1, 0.15) is 18.0 Å². The van der Waals surface area contributed by atoms with Crippen molar-refractivity contribution in [2.45, 2.75) is 47.5 Å². The average Bonchev–Trinajstić information content (AvgIpc) is 3.22. The van der Waals surface area contributed by atoms with Crippen molar-refractivity contribution in [2.24, 2.45) is 10.4 Å². The average molecular weight is 440 g/mol. The number of amidine groups is 1. The van der Waals surface area contributed by atoms with E-state index in [1.807, 2.05) is 6.07 Å². The summed E-state index contributed by atoms with van der Waals surface area (Å²) in [6, 6.07) is 12.8. The second kappa shape index (κ2) is 9.18. The zero-order chi connectivity index (χ0) is 23.6. The van der Waals surface area contributed by atoms with Crippen LogP contribution in [0.2, 0.25) is 0 Å². The minimum atomic E-state index is 0.123. The van der Waals surface area contributed by atoms with Gasteiger partial charge in [-0.15, -0.1) is 0 Å². The van der Waals surface area contributed by atoms with Gasteiger partial charge in [0.25, 0.3) is 0 Å². The van der Waals surface area contributed by atoms with E-state index in [2.05, 4.69) is 103 Å². The van der Waals surface area contributed by atoms with Gasteiger partial charge < -0.3 is 10.6 Å². The maximum absolute atomic E-state index is 4.62. The van der Waals surface area contributed by atoms with E-state index in [0.717, 1.165) is 47.5 Å². The number of fused-ring (bicyclic) bond motifs is 1. The fraction of sp³-hybridized carbons (Fsp3) is 0.321. The SMILES string of the molecule is C=C(NC1=NCC(C(C)(C)C)=C1)Nc1cccc(Cc2ncnc3cc(CC)cc(C)c23)c1. The molecule has 0 saturated heterocycles. The van der Waals surface area contributed by atoms with Crippen LogP contribution in [0.3, 0.4) is 0 Å². The molecule has 1 aliphatic heterocycles. The summed E-state index contributed by atoms with van der Waals surface area (Å²) < 4.78 is 0. The lowest BCUT2D eigenvalue weighted by Gasteiger charge is -2.18. The van der Waals surface area contributed by atoms with Crippen molar-refractivity contribution in [1.82, 2.24) is 15.3 Å². The summed E-state index contributed by atoms with van der Waals surface area (Å²) in [7, 11) is 0. The van der Waals surface area contributed by atoms with E-state index >= 15 is 0 Å². The first-order valence-corrected chi connectivity index (χ1v) is 11.5. The molecule has 4 rings (SSSR count). The Morgan fingerprint density at radius 1 is 1.06 bits per heavy atom. The Balaban J connectivity index is 1.48. The van der Waals surface area contributed by atoms with Gasteiger partial charge in [-0.05, 0) is 65.3 Å². The quantitative estimate of drug-likeness (QED) is 0.498. The molecule has 5 heteroatoms. The zero-order valence-corrected chi connectivity index (χ0v) is 20.3. The highest BCUT2D eigenvalue weighted by atomic mass is 15.1. The molecule has 2 N–H and O–H groups in total. The van der Waals surface area contributed by atoms with Gasteiger partial charge in [0.2, 0.25) is 0 Å². The monoisotopic (exact) mass is 439 g/mol. The number of anilines is 1. The molecule has 1 aliphatic rings. The molecule has 170 valence electrons. The molecular formula is C28H33N5. The third-order valence-corrected chi connectivity index (χ3v) is 6.05. The molecule has 0 bridgehead atoms. The van der Waals surface area contributed by atoms with Crippen LogP contribution in [0.5, 0.6) is 0 Å². The van der Waals surface area contributed by atoms with Crippen LogP contribution in [0.25, 0.3) is 10.9 Å². The van der Waals surface area contributed by atoms with Crippen LogP contribution in [-0.4, -0.2) is 22.3 Å². The van der Waals surface area contributed by atoms with Gasteiger partial charge >= 0.3 is 0 Å². The van der Waals surface area contributed by atoms with Crippen LogP contribution < -0.4 is 10.6 Å². The van der Waals surface area contributed by atoms with E-state index in [-0.39, 0.29) is 5.41 Å². The first-order valence-electron chi connectivity index (χ1n) is 11.5. The van der Waals surface area contributed by atoms with Crippen LogP contribution in [0.15, 0.2) is 71.8 Å². The Morgan fingerprint density at radius 3 is 2.61 bits per heavy atom. The van der Waals surface area contributed by atoms with Crippen molar-refractivity contribution in [3.8, 4) is 0 Å². The van der Waals surface area contributed by atoms with Gasteiger partial charge in [0, 0.05) is 17.5 Å². The number of rotatable bonds is 6. The van der Waals surface area contributed by atoms with E-state index in [1.165, 1.54) is 22.3 Å². The van der Waals surface area contributed by atoms with E-state index in [4.69, 9.17) is 0 Å². The molecular weight excluding hydrogens is 406 g/mol. The summed E-state index contributed by atoms with van der Waals surface area (Å²) in [4.78, 5) is 13.7. The number of aryl methyl sites for hydroxylation is 2. The molecule has 0 amide bonds. The summed E-state index contributed by atoms with van der Waals surface area (Å²) >= 11 is 0. The maximum Gasteiger partial charge on any atom is 0.126 e. The number of hydrogen-bond donors (Lipinski definition) is 2. The van der Waals surface area contributed by atoms with Crippen molar-refractivity contribution in [2.75, 3.05) is 11.9 Å². The predicted molar refractivity (Wildman–Crippen MR) is 139 cm³/mol. The van der Waals surface area contributed by atoms with E-state index < -0.39 is 0 Å². The van der Waals surface area contributed by atoms with E-state index in [1.54, 1.807) is 6.33 Å². The number of aliphatic imine (C=N–C) groups is 1. The zero-order valence-electron chi connectivity index (χ0n) is 20.3. The van der Waals surface area contributed by atoms with Gasteiger partial charge in [-0.25, -0.2) is 9.97 Å². The number of nitrogens with one attached hydrogen (secondary N) is 2. The Bertz CT molecular complexity index is 1260. The lowest BCUT2D eigenvalue weighted by molar-refractivity contribution is 0.499. The number of nitrogens with zero attached hydrogens (tertiary/aromatic N) is 3. The first-order chi connectivity index (χ1) is 15.7. The summed E-state index contributed by atoms with van der Waals surface area (Å²) in [5, 5.41) is 7.80. The Morgan fingerprint density at radius 2 is 1.88 bits per heavy atom. The first kappa shape index (κ1) is 22.7. The second-order valence-corrected chi connectivity index (χ2v) is 9.71. The molecule has 3 aromatic rings. The molecule has 0 unspecified atom stereocenters. The number of hydrogen-bond acceptors (Lipinski definition) is 5. The Kier molecular flexibility index (Phi) is 6.32. The summed E-state index contributed by atoms with van der Waals surface area (Å²) in [6.07, 6.45) is 5.54. The highest BCUT2D eigenvalue weighted by Crippen LogP contribution is 2.28. The minimum absolute atomic E-state index is 0.123. The molecule has 0 fully saturated rings. The summed E-state index contributed by atoms with van der Waals surface area (Å²) in [6.45, 7) is 15.8. The highest BCUT2D eigenvalue weighted by molar-refractivity contribution is 5.97. The molecule has 2 aromatic carbocycles. The van der Waals surface area contributed by atoms with Gasteiger partial charge in [-0.3, -0.25) is 4.99 Å². The fourth-order valence-corrected chi connectivity index (χ4v) is 4.15. The third kappa shape index (κ3) is 5.30. The normalized spacial score (nSPS) is 13.6. The maximum atomic E-state index is 4.62. The summed E-state index contributed by atoms with van der Waals surface area (Å²) in [5.74, 6) is 1.55. The van der Waals surface area contributed by atoms with E-state index in [0.29, 0.717) is 5.82 Å². The van der Waals surface area contributed by atoms with Gasteiger partial charge in [0.05, 0.1) is 17.8 Å². The van der Waals surface area contributed by atoms with Crippen LogP contribution in [-0.2, 0) is 12.8 Å². The van der Waals surface area contributed by atoms with Gasteiger partial charge in [-0.1, -0.05) is 52.5 Å². The largest absolute Gasteiger partial charge is 0.342 e. The van der Waals surface area contributed by atoms with Crippen molar-refractivity contribution in [3.05, 3.63) is 89.2 Å². The third-order valence-electron chi connectivity index (χ3n) is 6.05. The minimum Gasteiger partial charge on any atom is -0.342 e. The van der Waals surface area contributed by atoms with Gasteiger partial charge in [0.15, 0.2) is 0 Å². The van der Waals surface area contributed by atoms with Crippen LogP contribution in [0.1, 0.15) is 50.1 Å². The fourth-order valence-electron chi connectivity index (χ4n) is 4.15. The Hall–Kier alpha value is -3.47. The lowest BCUT2D eigenvalue weighted by Crippen LogP contribution is -2.24. The summed E-state index contributed by atoms with van der Waals surface area (Å²) in [5.41, 5.74) is 8.20. The van der Waals surface area contributed by atoms with Crippen LogP contribution in [0, 0.1) is 12.3 Å². The molecule has 0 radical (unpaired) electrons. The molecule has 2 heterocycles. The topological polar surface area (TPSA) is 62.2 Å². The molecule has 0 saturated carbocycles.